The van der Waals surface area contributed by atoms with Crippen molar-refractivity contribution in [3.05, 3.63) is 24.3 Å². The highest BCUT2D eigenvalue weighted by atomic mass is 16.5. The average Bonchev–Trinajstić information content (AvgIpc) is 2.68. The summed E-state index contributed by atoms with van der Waals surface area (Å²) in [5.74, 6) is -1.71. The van der Waals surface area contributed by atoms with Crippen LogP contribution in [-0.2, 0) is 25.5 Å². The normalized spacial score (nSPS) is 18.4. The predicted molar refractivity (Wildman–Crippen MR) is 67.2 cm³/mol. The SMILES string of the molecule is CCOC(=O)CN1C(=O)CC(Cc2cncnc2)C1=O. The van der Waals surface area contributed by atoms with Crippen LogP contribution in [0.5, 0.6) is 0 Å². The molecule has 0 bridgehead atoms. The Bertz CT molecular complexity index is 518. The van der Waals surface area contributed by atoms with Gasteiger partial charge < -0.3 is 4.74 Å². The first-order valence-electron chi connectivity index (χ1n) is 6.35. The molecule has 1 aliphatic rings. The van der Waals surface area contributed by atoms with Gasteiger partial charge in [0.25, 0.3) is 0 Å². The maximum atomic E-state index is 12.1. The molecule has 1 unspecified atom stereocenters. The zero-order valence-electron chi connectivity index (χ0n) is 11.1. The molecule has 2 rings (SSSR count). The Morgan fingerprint density at radius 3 is 2.75 bits per heavy atom. The molecule has 1 aromatic rings. The minimum atomic E-state index is -0.571. The molecule has 0 N–H and O–H groups in total. The van der Waals surface area contributed by atoms with Gasteiger partial charge >= 0.3 is 5.97 Å². The molecule has 20 heavy (non-hydrogen) atoms. The van der Waals surface area contributed by atoms with E-state index in [2.05, 4.69) is 9.97 Å². The van der Waals surface area contributed by atoms with E-state index in [0.717, 1.165) is 10.5 Å². The van der Waals surface area contributed by atoms with Crippen LogP contribution in [-0.4, -0.2) is 45.8 Å². The van der Waals surface area contributed by atoms with Gasteiger partial charge in [0.2, 0.25) is 11.8 Å². The van der Waals surface area contributed by atoms with Crippen molar-refractivity contribution in [3.63, 3.8) is 0 Å². The number of likely N-dealkylation sites (tertiary alicyclic amines) is 1. The molecule has 7 heteroatoms. The number of imide groups is 1. The second kappa shape index (κ2) is 6.23. The first kappa shape index (κ1) is 14.1. The molecular formula is C13H15N3O4. The lowest BCUT2D eigenvalue weighted by molar-refractivity contribution is -0.152. The monoisotopic (exact) mass is 277 g/mol. The van der Waals surface area contributed by atoms with E-state index >= 15 is 0 Å². The number of nitrogens with zero attached hydrogens (tertiary/aromatic N) is 3. The molecule has 0 aliphatic carbocycles. The van der Waals surface area contributed by atoms with Gasteiger partial charge in [-0.25, -0.2) is 9.97 Å². The molecule has 2 heterocycles. The van der Waals surface area contributed by atoms with Gasteiger partial charge in [0.15, 0.2) is 0 Å². The van der Waals surface area contributed by atoms with Crippen molar-refractivity contribution in [2.45, 2.75) is 19.8 Å². The summed E-state index contributed by atoms with van der Waals surface area (Å²) in [7, 11) is 0. The van der Waals surface area contributed by atoms with Crippen molar-refractivity contribution in [1.29, 1.82) is 0 Å². The van der Waals surface area contributed by atoms with Gasteiger partial charge in [-0.05, 0) is 18.9 Å². The van der Waals surface area contributed by atoms with Crippen molar-refractivity contribution in [2.24, 2.45) is 5.92 Å². The number of amides is 2. The lowest BCUT2D eigenvalue weighted by Gasteiger charge is -2.13. The molecule has 1 atom stereocenters. The smallest absolute Gasteiger partial charge is 0.326 e. The minimum absolute atomic E-state index is 0.104. The van der Waals surface area contributed by atoms with Gasteiger partial charge in [-0.3, -0.25) is 19.3 Å². The third-order valence-electron chi connectivity index (χ3n) is 3.03. The molecule has 0 radical (unpaired) electrons. The molecule has 1 fully saturated rings. The summed E-state index contributed by atoms with van der Waals surface area (Å²) < 4.78 is 4.75. The van der Waals surface area contributed by atoms with Crippen LogP contribution in [0.4, 0.5) is 0 Å². The summed E-state index contributed by atoms with van der Waals surface area (Å²) >= 11 is 0. The molecule has 2 amide bonds. The number of esters is 1. The van der Waals surface area contributed by atoms with Crippen molar-refractivity contribution in [2.75, 3.05) is 13.2 Å². The Kier molecular flexibility index (Phi) is 4.39. The number of hydrogen-bond donors (Lipinski definition) is 0. The Morgan fingerprint density at radius 2 is 2.10 bits per heavy atom. The first-order valence-corrected chi connectivity index (χ1v) is 6.35. The van der Waals surface area contributed by atoms with E-state index in [0.29, 0.717) is 6.42 Å². The van der Waals surface area contributed by atoms with Gasteiger partial charge in [0.05, 0.1) is 12.5 Å². The van der Waals surface area contributed by atoms with Gasteiger partial charge in [-0.15, -0.1) is 0 Å². The zero-order valence-corrected chi connectivity index (χ0v) is 11.1. The summed E-state index contributed by atoms with van der Waals surface area (Å²) in [6.07, 6.45) is 5.12. The van der Waals surface area contributed by atoms with Crippen molar-refractivity contribution in [3.8, 4) is 0 Å². The molecule has 0 saturated carbocycles. The molecule has 106 valence electrons. The van der Waals surface area contributed by atoms with Crippen LogP contribution in [0.15, 0.2) is 18.7 Å². The number of hydrogen-bond acceptors (Lipinski definition) is 6. The fourth-order valence-electron chi connectivity index (χ4n) is 2.13. The fourth-order valence-corrected chi connectivity index (χ4v) is 2.13. The predicted octanol–water partition coefficient (Wildman–Crippen LogP) is -0.0427. The Hall–Kier alpha value is -2.31. The minimum Gasteiger partial charge on any atom is -0.465 e. The van der Waals surface area contributed by atoms with Crippen LogP contribution < -0.4 is 0 Å². The first-order chi connectivity index (χ1) is 9.61. The topological polar surface area (TPSA) is 89.5 Å². The third kappa shape index (κ3) is 3.17. The average molecular weight is 277 g/mol. The van der Waals surface area contributed by atoms with Gasteiger partial charge in [-0.2, -0.15) is 0 Å². The molecule has 1 aromatic heterocycles. The maximum absolute atomic E-state index is 12.1. The van der Waals surface area contributed by atoms with Crippen LogP contribution >= 0.6 is 0 Å². The highest BCUT2D eigenvalue weighted by Gasteiger charge is 2.39. The van der Waals surface area contributed by atoms with Crippen LogP contribution in [0.3, 0.4) is 0 Å². The summed E-state index contributed by atoms with van der Waals surface area (Å²) in [5, 5.41) is 0. The van der Waals surface area contributed by atoms with Crippen LogP contribution in [0.2, 0.25) is 0 Å². The van der Waals surface area contributed by atoms with Crippen LogP contribution in [0, 0.1) is 5.92 Å². The quantitative estimate of drug-likeness (QED) is 0.554. The largest absolute Gasteiger partial charge is 0.465 e. The highest BCUT2D eigenvalue weighted by Crippen LogP contribution is 2.23. The van der Waals surface area contributed by atoms with E-state index in [1.54, 1.807) is 19.3 Å². The summed E-state index contributed by atoms with van der Waals surface area (Å²) in [5.41, 5.74) is 0.789. The fraction of sp³-hybridized carbons (Fsp3) is 0.462. The second-order valence-corrected chi connectivity index (χ2v) is 4.48. The summed E-state index contributed by atoms with van der Waals surface area (Å²) in [4.78, 5) is 44.0. The standard InChI is InChI=1S/C13H15N3O4/c1-2-20-12(18)7-16-11(17)4-10(13(16)19)3-9-5-14-8-15-6-9/h5-6,8,10H,2-4,7H2,1H3. The Morgan fingerprint density at radius 1 is 1.40 bits per heavy atom. The molecule has 1 aliphatic heterocycles. The molecule has 7 nitrogen and oxygen atoms in total. The lowest BCUT2D eigenvalue weighted by atomic mass is 10.00. The van der Waals surface area contributed by atoms with E-state index in [1.807, 2.05) is 0 Å². The highest BCUT2D eigenvalue weighted by molar-refractivity contribution is 6.05. The third-order valence-corrected chi connectivity index (χ3v) is 3.03. The van der Waals surface area contributed by atoms with E-state index in [4.69, 9.17) is 4.74 Å². The summed E-state index contributed by atoms with van der Waals surface area (Å²) in [6, 6.07) is 0. The zero-order chi connectivity index (χ0) is 14.5. The maximum Gasteiger partial charge on any atom is 0.326 e. The van der Waals surface area contributed by atoms with Gasteiger partial charge in [0, 0.05) is 18.8 Å². The van der Waals surface area contributed by atoms with Gasteiger partial charge in [0.1, 0.15) is 12.9 Å². The number of carbonyl (C=O) groups is 3. The van der Waals surface area contributed by atoms with Crippen molar-refractivity contribution >= 4 is 17.8 Å². The lowest BCUT2D eigenvalue weighted by Crippen LogP contribution is -2.36. The molecule has 0 aromatic carbocycles. The number of aromatic nitrogens is 2. The van der Waals surface area contributed by atoms with E-state index in [1.165, 1.54) is 6.33 Å². The van der Waals surface area contributed by atoms with Crippen LogP contribution in [0.25, 0.3) is 0 Å². The number of carbonyl (C=O) groups excluding carboxylic acids is 3. The Labute approximate surface area is 116 Å². The van der Waals surface area contributed by atoms with Crippen molar-refractivity contribution < 1.29 is 19.1 Å². The number of rotatable bonds is 5. The molecular weight excluding hydrogens is 262 g/mol. The van der Waals surface area contributed by atoms with Crippen LogP contribution in [0.1, 0.15) is 18.9 Å². The Balaban J connectivity index is 2.00. The van der Waals surface area contributed by atoms with E-state index in [-0.39, 0.29) is 31.4 Å². The van der Waals surface area contributed by atoms with Crippen molar-refractivity contribution in [1.82, 2.24) is 14.9 Å². The van der Waals surface area contributed by atoms with E-state index in [9.17, 15) is 14.4 Å². The number of ether oxygens (including phenoxy) is 1. The van der Waals surface area contributed by atoms with Gasteiger partial charge in [-0.1, -0.05) is 0 Å². The summed E-state index contributed by atoms with van der Waals surface area (Å²) in [6.45, 7) is 1.58. The second-order valence-electron chi connectivity index (χ2n) is 4.48. The molecule has 0 spiro atoms. The van der Waals surface area contributed by atoms with E-state index < -0.39 is 11.9 Å². The molecule has 1 saturated heterocycles.